The first-order chi connectivity index (χ1) is 10.8. The SMILES string of the molecule is O=C(c1cccs1)N1CC[NH+](CC=Cc2ccccc2)CC1.[Cl-]. The van der Waals surface area contributed by atoms with Crippen LogP contribution in [0.2, 0.25) is 0 Å². The minimum atomic E-state index is 0. The molecule has 0 bridgehead atoms. The summed E-state index contributed by atoms with van der Waals surface area (Å²) < 4.78 is 0. The van der Waals surface area contributed by atoms with Gasteiger partial charge in [-0.3, -0.25) is 4.79 Å². The molecule has 0 atom stereocenters. The van der Waals surface area contributed by atoms with Gasteiger partial charge in [-0.1, -0.05) is 42.5 Å². The lowest BCUT2D eigenvalue weighted by molar-refractivity contribution is -0.898. The summed E-state index contributed by atoms with van der Waals surface area (Å²) in [5.74, 6) is 0.189. The number of hydrogen-bond acceptors (Lipinski definition) is 2. The van der Waals surface area contributed by atoms with Crippen LogP contribution < -0.4 is 17.3 Å². The van der Waals surface area contributed by atoms with Gasteiger partial charge in [-0.15, -0.1) is 11.3 Å². The molecule has 0 spiro atoms. The van der Waals surface area contributed by atoms with Crippen molar-refractivity contribution in [2.45, 2.75) is 0 Å². The number of amides is 1. The van der Waals surface area contributed by atoms with Crippen LogP contribution >= 0.6 is 11.3 Å². The third-order valence-electron chi connectivity index (χ3n) is 4.01. The van der Waals surface area contributed by atoms with E-state index in [1.807, 2.05) is 28.5 Å². The Hall–Kier alpha value is -1.62. The van der Waals surface area contributed by atoms with Crippen LogP contribution in [0.4, 0.5) is 0 Å². The molecule has 23 heavy (non-hydrogen) atoms. The maximum absolute atomic E-state index is 12.3. The molecule has 1 aliphatic rings. The van der Waals surface area contributed by atoms with Crippen LogP contribution in [0.25, 0.3) is 6.08 Å². The van der Waals surface area contributed by atoms with E-state index in [4.69, 9.17) is 0 Å². The first-order valence-electron chi connectivity index (χ1n) is 7.71. The summed E-state index contributed by atoms with van der Waals surface area (Å²) in [6.45, 7) is 4.78. The Kier molecular flexibility index (Phi) is 6.84. The van der Waals surface area contributed by atoms with Gasteiger partial charge >= 0.3 is 0 Å². The van der Waals surface area contributed by atoms with Crippen LogP contribution in [0.5, 0.6) is 0 Å². The monoisotopic (exact) mass is 348 g/mol. The van der Waals surface area contributed by atoms with E-state index in [1.54, 1.807) is 4.90 Å². The largest absolute Gasteiger partial charge is 1.00 e. The van der Waals surface area contributed by atoms with Gasteiger partial charge < -0.3 is 22.2 Å². The molecular formula is C18H21ClN2OS. The van der Waals surface area contributed by atoms with Crippen LogP contribution in [0.3, 0.4) is 0 Å². The lowest BCUT2D eigenvalue weighted by Gasteiger charge is -2.31. The highest BCUT2D eigenvalue weighted by Crippen LogP contribution is 2.11. The molecule has 0 saturated carbocycles. The van der Waals surface area contributed by atoms with Gasteiger partial charge in [0, 0.05) is 0 Å². The standard InChI is InChI=1S/C18H20N2OS.ClH/c21-18(17-9-5-15-22-17)20-13-11-19(12-14-20)10-4-8-16-6-2-1-3-7-16;/h1-9,15H,10-14H2;1H. The normalized spacial score (nSPS) is 15.6. The van der Waals surface area contributed by atoms with Crippen molar-refractivity contribution in [2.24, 2.45) is 0 Å². The van der Waals surface area contributed by atoms with Crippen molar-refractivity contribution in [2.75, 3.05) is 32.7 Å². The van der Waals surface area contributed by atoms with Crippen LogP contribution in [-0.2, 0) is 0 Å². The molecule has 2 heterocycles. The van der Waals surface area contributed by atoms with Crippen LogP contribution in [0, 0.1) is 0 Å². The number of carbonyl (C=O) groups excluding carboxylic acids is 1. The maximum atomic E-state index is 12.3. The minimum absolute atomic E-state index is 0. The molecule has 1 aromatic heterocycles. The molecular weight excluding hydrogens is 328 g/mol. The van der Waals surface area contributed by atoms with E-state index in [0.29, 0.717) is 0 Å². The molecule has 1 fully saturated rings. The Morgan fingerprint density at radius 1 is 1.13 bits per heavy atom. The lowest BCUT2D eigenvalue weighted by atomic mass is 10.2. The average Bonchev–Trinajstić information content (AvgIpc) is 3.10. The molecule has 1 amide bonds. The van der Waals surface area contributed by atoms with Crippen molar-refractivity contribution in [1.29, 1.82) is 0 Å². The van der Waals surface area contributed by atoms with Gasteiger partial charge in [0.25, 0.3) is 5.91 Å². The van der Waals surface area contributed by atoms with Gasteiger partial charge in [0.2, 0.25) is 0 Å². The van der Waals surface area contributed by atoms with E-state index in [0.717, 1.165) is 37.6 Å². The number of nitrogens with zero attached hydrogens (tertiary/aromatic N) is 1. The highest BCUT2D eigenvalue weighted by atomic mass is 35.5. The summed E-state index contributed by atoms with van der Waals surface area (Å²) in [5, 5.41) is 1.96. The third kappa shape index (κ3) is 4.93. The van der Waals surface area contributed by atoms with Crippen molar-refractivity contribution in [3.8, 4) is 0 Å². The molecule has 122 valence electrons. The molecule has 0 aliphatic carbocycles. The van der Waals surface area contributed by atoms with Crippen molar-refractivity contribution in [3.05, 3.63) is 64.4 Å². The average molecular weight is 349 g/mol. The molecule has 3 rings (SSSR count). The summed E-state index contributed by atoms with van der Waals surface area (Å²) in [5.41, 5.74) is 1.24. The van der Waals surface area contributed by atoms with Crippen LogP contribution in [-0.4, -0.2) is 43.5 Å². The third-order valence-corrected chi connectivity index (χ3v) is 4.86. The first kappa shape index (κ1) is 17.7. The van der Waals surface area contributed by atoms with Crippen molar-refractivity contribution in [3.63, 3.8) is 0 Å². The fraction of sp³-hybridized carbons (Fsp3) is 0.278. The van der Waals surface area contributed by atoms with Crippen LogP contribution in [0.1, 0.15) is 15.2 Å². The predicted octanol–water partition coefficient (Wildman–Crippen LogP) is -1.19. The van der Waals surface area contributed by atoms with Crippen LogP contribution in [0.15, 0.2) is 53.9 Å². The Morgan fingerprint density at radius 2 is 1.87 bits per heavy atom. The molecule has 0 unspecified atom stereocenters. The van der Waals surface area contributed by atoms with Gasteiger partial charge in [-0.05, 0) is 23.1 Å². The second-order valence-corrected chi connectivity index (χ2v) is 6.48. The first-order valence-corrected chi connectivity index (χ1v) is 8.59. The Labute approximate surface area is 147 Å². The number of rotatable bonds is 4. The Morgan fingerprint density at radius 3 is 2.52 bits per heavy atom. The fourth-order valence-corrected chi connectivity index (χ4v) is 3.40. The quantitative estimate of drug-likeness (QED) is 0.738. The number of hydrogen-bond donors (Lipinski definition) is 1. The summed E-state index contributed by atoms with van der Waals surface area (Å²) >= 11 is 1.53. The summed E-state index contributed by atoms with van der Waals surface area (Å²) in [6, 6.07) is 14.2. The highest BCUT2D eigenvalue weighted by Gasteiger charge is 2.24. The number of piperazine rings is 1. The molecule has 0 radical (unpaired) electrons. The Balaban J connectivity index is 0.00000192. The summed E-state index contributed by atoms with van der Waals surface area (Å²) in [6.07, 6.45) is 4.41. The van der Waals surface area contributed by atoms with Gasteiger partial charge in [-0.25, -0.2) is 0 Å². The highest BCUT2D eigenvalue weighted by molar-refractivity contribution is 7.12. The molecule has 5 heteroatoms. The van der Waals surface area contributed by atoms with E-state index in [1.165, 1.54) is 16.9 Å². The molecule has 3 nitrogen and oxygen atoms in total. The lowest BCUT2D eigenvalue weighted by Crippen LogP contribution is -3.14. The smallest absolute Gasteiger partial charge is 0.264 e. The Bertz CT molecular complexity index is 620. The predicted molar refractivity (Wildman–Crippen MR) is 91.3 cm³/mol. The maximum Gasteiger partial charge on any atom is 0.264 e. The van der Waals surface area contributed by atoms with E-state index in [-0.39, 0.29) is 18.3 Å². The van der Waals surface area contributed by atoms with Gasteiger partial charge in [0.05, 0.1) is 37.6 Å². The van der Waals surface area contributed by atoms with Crippen molar-refractivity contribution < 1.29 is 22.1 Å². The van der Waals surface area contributed by atoms with E-state index in [9.17, 15) is 4.79 Å². The van der Waals surface area contributed by atoms with Gasteiger partial charge in [0.1, 0.15) is 0 Å². The zero-order chi connectivity index (χ0) is 15.2. The molecule has 1 saturated heterocycles. The van der Waals surface area contributed by atoms with Gasteiger partial charge in [0.15, 0.2) is 0 Å². The number of quaternary nitrogens is 1. The van der Waals surface area contributed by atoms with E-state index in [2.05, 4.69) is 36.4 Å². The van der Waals surface area contributed by atoms with E-state index < -0.39 is 0 Å². The van der Waals surface area contributed by atoms with Crippen molar-refractivity contribution >= 4 is 23.3 Å². The second-order valence-electron chi connectivity index (χ2n) is 5.54. The van der Waals surface area contributed by atoms with E-state index >= 15 is 0 Å². The summed E-state index contributed by atoms with van der Waals surface area (Å²) in [4.78, 5) is 16.7. The minimum Gasteiger partial charge on any atom is -1.00 e. The topological polar surface area (TPSA) is 24.8 Å². The summed E-state index contributed by atoms with van der Waals surface area (Å²) in [7, 11) is 0. The van der Waals surface area contributed by atoms with Gasteiger partial charge in [-0.2, -0.15) is 0 Å². The number of halogens is 1. The fourth-order valence-electron chi connectivity index (χ4n) is 2.71. The molecule has 1 N–H and O–H groups in total. The molecule has 2 aromatic rings. The number of carbonyl (C=O) groups is 1. The zero-order valence-electron chi connectivity index (χ0n) is 13.0. The number of thiophene rings is 1. The molecule has 1 aromatic carbocycles. The molecule has 1 aliphatic heterocycles. The van der Waals surface area contributed by atoms with Crippen molar-refractivity contribution in [1.82, 2.24) is 4.90 Å². The second kappa shape index (κ2) is 8.87. The number of nitrogens with one attached hydrogen (secondary N) is 1. The number of benzene rings is 1. The zero-order valence-corrected chi connectivity index (χ0v) is 14.5.